The summed E-state index contributed by atoms with van der Waals surface area (Å²) in [4.78, 5) is 12.0. The number of rotatable bonds is 2. The summed E-state index contributed by atoms with van der Waals surface area (Å²) in [5.74, 6) is 1.98. The molecule has 0 saturated carbocycles. The van der Waals surface area contributed by atoms with Gasteiger partial charge in [0.2, 0.25) is 0 Å². The number of ether oxygens (including phenoxy) is 2. The summed E-state index contributed by atoms with van der Waals surface area (Å²) in [5.41, 5.74) is 1.70. The number of carbonyl (C=O) groups excluding carboxylic acids is 1. The molecule has 1 aromatic carbocycles. The largest absolute Gasteiger partial charge is 0.496 e. The van der Waals surface area contributed by atoms with E-state index in [0.29, 0.717) is 23.7 Å². The van der Waals surface area contributed by atoms with Crippen molar-refractivity contribution in [3.8, 4) is 11.5 Å². The summed E-state index contributed by atoms with van der Waals surface area (Å²) in [5, 5.41) is 0. The quantitative estimate of drug-likeness (QED) is 0.768. The van der Waals surface area contributed by atoms with Crippen LogP contribution in [0.5, 0.6) is 11.5 Å². The van der Waals surface area contributed by atoms with Gasteiger partial charge < -0.3 is 9.47 Å². The van der Waals surface area contributed by atoms with Crippen LogP contribution < -0.4 is 9.47 Å². The maximum atomic E-state index is 12.0. The van der Waals surface area contributed by atoms with Crippen LogP contribution in [-0.2, 0) is 6.42 Å². The highest BCUT2D eigenvalue weighted by Gasteiger charge is 2.28. The maximum absolute atomic E-state index is 12.0. The van der Waals surface area contributed by atoms with E-state index < -0.39 is 0 Å². The van der Waals surface area contributed by atoms with E-state index in [0.717, 1.165) is 17.7 Å². The molecule has 0 saturated heterocycles. The second kappa shape index (κ2) is 4.16. The molecule has 3 heteroatoms. The zero-order valence-electron chi connectivity index (χ0n) is 9.87. The highest BCUT2D eigenvalue weighted by molar-refractivity contribution is 6.01. The number of benzene rings is 1. The minimum absolute atomic E-state index is 0.157. The highest BCUT2D eigenvalue weighted by atomic mass is 16.5. The number of carbonyl (C=O) groups is 1. The van der Waals surface area contributed by atoms with E-state index in [9.17, 15) is 4.79 Å². The fraction of sp³-hybridized carbons (Fsp3) is 0.462. The van der Waals surface area contributed by atoms with Crippen LogP contribution in [0, 0.1) is 5.92 Å². The molecule has 0 radical (unpaired) electrons. The van der Waals surface area contributed by atoms with Crippen LogP contribution in [0.1, 0.15) is 29.3 Å². The van der Waals surface area contributed by atoms with Gasteiger partial charge in [0.1, 0.15) is 11.5 Å². The Labute approximate surface area is 95.4 Å². The second-order valence-corrected chi connectivity index (χ2v) is 4.26. The molecule has 3 nitrogen and oxygen atoms in total. The molecule has 1 unspecified atom stereocenters. The molecule has 0 spiro atoms. The van der Waals surface area contributed by atoms with Crippen molar-refractivity contribution in [3.63, 3.8) is 0 Å². The topological polar surface area (TPSA) is 35.5 Å². The van der Waals surface area contributed by atoms with Gasteiger partial charge in [0, 0.05) is 12.0 Å². The van der Waals surface area contributed by atoms with Gasteiger partial charge >= 0.3 is 0 Å². The number of fused-ring (bicyclic) bond motifs is 1. The van der Waals surface area contributed by atoms with Crippen molar-refractivity contribution in [1.29, 1.82) is 0 Å². The molecule has 16 heavy (non-hydrogen) atoms. The predicted octanol–water partition coefficient (Wildman–Crippen LogP) is 2.47. The van der Waals surface area contributed by atoms with E-state index in [1.165, 1.54) is 0 Å². The van der Waals surface area contributed by atoms with E-state index >= 15 is 0 Å². The van der Waals surface area contributed by atoms with E-state index in [1.807, 2.05) is 6.07 Å². The Kier molecular flexibility index (Phi) is 2.86. The first-order chi connectivity index (χ1) is 7.67. The summed E-state index contributed by atoms with van der Waals surface area (Å²) < 4.78 is 10.5. The van der Waals surface area contributed by atoms with Gasteiger partial charge in [-0.3, -0.25) is 4.79 Å². The van der Waals surface area contributed by atoms with Crippen molar-refractivity contribution in [3.05, 3.63) is 23.3 Å². The highest BCUT2D eigenvalue weighted by Crippen LogP contribution is 2.37. The molecular weight excluding hydrogens is 204 g/mol. The number of Topliss-reactive ketones (excluding diaryl/α,β-unsaturated/α-hetero) is 1. The lowest BCUT2D eigenvalue weighted by Crippen LogP contribution is -2.19. The molecule has 0 heterocycles. The normalized spacial score (nSPS) is 19.2. The summed E-state index contributed by atoms with van der Waals surface area (Å²) >= 11 is 0. The van der Waals surface area contributed by atoms with E-state index in [4.69, 9.17) is 9.47 Å². The Morgan fingerprint density at radius 3 is 2.38 bits per heavy atom. The van der Waals surface area contributed by atoms with E-state index in [2.05, 4.69) is 6.92 Å². The van der Waals surface area contributed by atoms with Crippen molar-refractivity contribution >= 4 is 5.78 Å². The summed E-state index contributed by atoms with van der Waals surface area (Å²) in [6.07, 6.45) is 1.47. The van der Waals surface area contributed by atoms with Gasteiger partial charge in [-0.1, -0.05) is 6.92 Å². The van der Waals surface area contributed by atoms with Crippen LogP contribution in [0.15, 0.2) is 12.1 Å². The number of hydrogen-bond acceptors (Lipinski definition) is 3. The van der Waals surface area contributed by atoms with Gasteiger partial charge in [0.15, 0.2) is 5.78 Å². The fourth-order valence-electron chi connectivity index (χ4n) is 2.32. The fourth-order valence-corrected chi connectivity index (χ4v) is 2.32. The van der Waals surface area contributed by atoms with Crippen LogP contribution in [0.4, 0.5) is 0 Å². The number of ketones is 1. The second-order valence-electron chi connectivity index (χ2n) is 4.26. The lowest BCUT2D eigenvalue weighted by Gasteiger charge is -2.24. The summed E-state index contributed by atoms with van der Waals surface area (Å²) in [7, 11) is 3.22. The van der Waals surface area contributed by atoms with Crippen LogP contribution >= 0.6 is 0 Å². The Morgan fingerprint density at radius 2 is 1.75 bits per heavy atom. The first-order valence-electron chi connectivity index (χ1n) is 5.44. The molecule has 1 aliphatic rings. The number of hydrogen-bond donors (Lipinski definition) is 0. The number of methoxy groups -OCH3 is 2. The zero-order chi connectivity index (χ0) is 11.7. The predicted molar refractivity (Wildman–Crippen MR) is 61.4 cm³/mol. The average Bonchev–Trinajstić information content (AvgIpc) is 2.27. The smallest absolute Gasteiger partial charge is 0.167 e. The monoisotopic (exact) mass is 220 g/mol. The van der Waals surface area contributed by atoms with Gasteiger partial charge in [-0.15, -0.1) is 0 Å². The van der Waals surface area contributed by atoms with Gasteiger partial charge in [0.05, 0.1) is 19.8 Å². The maximum Gasteiger partial charge on any atom is 0.167 e. The first-order valence-corrected chi connectivity index (χ1v) is 5.44. The summed E-state index contributed by atoms with van der Waals surface area (Å²) in [6, 6.07) is 3.66. The Morgan fingerprint density at radius 1 is 1.12 bits per heavy atom. The molecular formula is C13H16O3. The van der Waals surface area contributed by atoms with Gasteiger partial charge in [-0.25, -0.2) is 0 Å². The Balaban J connectivity index is 2.61. The molecule has 0 amide bonds. The Hall–Kier alpha value is -1.51. The molecule has 0 aromatic heterocycles. The molecule has 1 aliphatic carbocycles. The van der Waals surface area contributed by atoms with E-state index in [-0.39, 0.29) is 5.78 Å². The van der Waals surface area contributed by atoms with Gasteiger partial charge in [-0.2, -0.15) is 0 Å². The minimum atomic E-state index is 0.157. The van der Waals surface area contributed by atoms with Gasteiger partial charge in [-0.05, 0) is 24.5 Å². The molecule has 2 rings (SSSR count). The van der Waals surface area contributed by atoms with Crippen molar-refractivity contribution in [2.75, 3.05) is 14.2 Å². The van der Waals surface area contributed by atoms with Crippen LogP contribution in [0.2, 0.25) is 0 Å². The third-order valence-electron chi connectivity index (χ3n) is 3.04. The van der Waals surface area contributed by atoms with Gasteiger partial charge in [0.25, 0.3) is 0 Å². The van der Waals surface area contributed by atoms with Crippen LogP contribution in [0.25, 0.3) is 0 Å². The standard InChI is InChI=1S/C13H16O3/c1-8-6-9-11(15-2)4-5-12(16-3)13(9)10(14)7-8/h4-5,8H,6-7H2,1-3H3. The van der Waals surface area contributed by atoms with Crippen LogP contribution in [0.3, 0.4) is 0 Å². The average molecular weight is 220 g/mol. The lowest BCUT2D eigenvalue weighted by atomic mass is 9.83. The third-order valence-corrected chi connectivity index (χ3v) is 3.04. The van der Waals surface area contributed by atoms with E-state index in [1.54, 1.807) is 20.3 Å². The minimum Gasteiger partial charge on any atom is -0.496 e. The molecule has 0 fully saturated rings. The SMILES string of the molecule is COc1ccc(OC)c2c1CC(C)CC2=O. The van der Waals surface area contributed by atoms with Crippen molar-refractivity contribution in [2.45, 2.75) is 19.8 Å². The molecule has 0 N–H and O–H groups in total. The lowest BCUT2D eigenvalue weighted by molar-refractivity contribution is 0.0949. The third kappa shape index (κ3) is 1.66. The summed E-state index contributed by atoms with van der Waals surface area (Å²) in [6.45, 7) is 2.08. The van der Waals surface area contributed by atoms with Crippen LogP contribution in [-0.4, -0.2) is 20.0 Å². The van der Waals surface area contributed by atoms with Crippen molar-refractivity contribution in [1.82, 2.24) is 0 Å². The molecule has 0 aliphatic heterocycles. The Bertz CT molecular complexity index is 423. The first kappa shape index (κ1) is 11.0. The molecule has 1 atom stereocenters. The zero-order valence-corrected chi connectivity index (χ0v) is 9.87. The molecule has 0 bridgehead atoms. The molecule has 1 aromatic rings. The van der Waals surface area contributed by atoms with Crippen molar-refractivity contribution < 1.29 is 14.3 Å². The molecule has 86 valence electrons. The van der Waals surface area contributed by atoms with Crippen molar-refractivity contribution in [2.24, 2.45) is 5.92 Å².